The maximum absolute atomic E-state index is 7.76. The van der Waals surface area contributed by atoms with E-state index in [1.807, 2.05) is 0 Å². The van der Waals surface area contributed by atoms with Gasteiger partial charge in [-0.3, -0.25) is 5.41 Å². The molecule has 1 aliphatic heterocycles. The third-order valence-corrected chi connectivity index (χ3v) is 5.58. The van der Waals surface area contributed by atoms with Crippen LogP contribution in [0.15, 0.2) is 24.3 Å². The van der Waals surface area contributed by atoms with Crippen LogP contribution in [0.2, 0.25) is 0 Å². The van der Waals surface area contributed by atoms with Gasteiger partial charge in [0.1, 0.15) is 0 Å². The van der Waals surface area contributed by atoms with E-state index >= 15 is 0 Å². The fourth-order valence-corrected chi connectivity index (χ4v) is 3.85. The number of hydrogen-bond donors (Lipinski definition) is 2. The molecule has 1 fully saturated rings. The predicted molar refractivity (Wildman–Crippen MR) is 87.8 cm³/mol. The van der Waals surface area contributed by atoms with Crippen LogP contribution >= 0.6 is 0 Å². The van der Waals surface area contributed by atoms with Crippen molar-refractivity contribution in [3.8, 4) is 0 Å². The summed E-state index contributed by atoms with van der Waals surface area (Å²) in [5.41, 5.74) is 8.82. The molecule has 3 nitrogen and oxygen atoms in total. The minimum absolute atomic E-state index is 0.0685. The van der Waals surface area contributed by atoms with E-state index in [0.29, 0.717) is 11.8 Å². The number of fused-ring (bicyclic) bond motifs is 1. The lowest BCUT2D eigenvalue weighted by Gasteiger charge is -2.40. The van der Waals surface area contributed by atoms with Gasteiger partial charge in [0, 0.05) is 12.0 Å². The lowest BCUT2D eigenvalue weighted by atomic mass is 9.78. The molecule has 21 heavy (non-hydrogen) atoms. The molecule has 1 saturated heterocycles. The van der Waals surface area contributed by atoms with Crippen LogP contribution in [0.4, 0.5) is 0 Å². The Bertz CT molecular complexity index is 515. The maximum atomic E-state index is 7.76. The molecule has 1 aliphatic carbocycles. The van der Waals surface area contributed by atoms with Crippen LogP contribution in [0, 0.1) is 10.8 Å². The fraction of sp³-hybridized carbons (Fsp3) is 0.611. The lowest BCUT2D eigenvalue weighted by Crippen LogP contribution is -2.46. The van der Waals surface area contributed by atoms with Crippen molar-refractivity contribution in [1.29, 1.82) is 5.41 Å². The SMILES string of the molecule is CC1(C(=N)N)CCN(CC2CCCc3ccccc32)CC1. The molecule has 0 bridgehead atoms. The smallest absolute Gasteiger partial charge is 0.0966 e. The van der Waals surface area contributed by atoms with Gasteiger partial charge in [-0.1, -0.05) is 31.2 Å². The van der Waals surface area contributed by atoms with Crippen molar-refractivity contribution in [2.45, 2.75) is 44.9 Å². The molecule has 2 aliphatic rings. The van der Waals surface area contributed by atoms with E-state index in [0.717, 1.165) is 25.9 Å². The lowest BCUT2D eigenvalue weighted by molar-refractivity contribution is 0.151. The van der Waals surface area contributed by atoms with Crippen molar-refractivity contribution < 1.29 is 0 Å². The number of likely N-dealkylation sites (tertiary alicyclic amines) is 1. The molecule has 0 aromatic heterocycles. The molecule has 3 heteroatoms. The molecule has 1 heterocycles. The van der Waals surface area contributed by atoms with Crippen LogP contribution in [-0.4, -0.2) is 30.4 Å². The van der Waals surface area contributed by atoms with Crippen molar-refractivity contribution in [2.24, 2.45) is 11.1 Å². The molecule has 1 atom stereocenters. The first-order valence-corrected chi connectivity index (χ1v) is 8.23. The zero-order valence-corrected chi connectivity index (χ0v) is 13.1. The molecular formula is C18H27N3. The molecule has 0 radical (unpaired) electrons. The van der Waals surface area contributed by atoms with E-state index in [4.69, 9.17) is 11.1 Å². The fourth-order valence-electron chi connectivity index (χ4n) is 3.85. The number of nitrogens with zero attached hydrogens (tertiary/aromatic N) is 1. The van der Waals surface area contributed by atoms with Crippen molar-refractivity contribution in [3.63, 3.8) is 0 Å². The van der Waals surface area contributed by atoms with Gasteiger partial charge in [0.25, 0.3) is 0 Å². The van der Waals surface area contributed by atoms with Crippen LogP contribution in [0.1, 0.15) is 49.7 Å². The number of aryl methyl sites for hydroxylation is 1. The zero-order chi connectivity index (χ0) is 14.9. The second kappa shape index (κ2) is 5.80. The Morgan fingerprint density at radius 2 is 2.05 bits per heavy atom. The summed E-state index contributed by atoms with van der Waals surface area (Å²) in [7, 11) is 0. The molecule has 3 N–H and O–H groups in total. The van der Waals surface area contributed by atoms with E-state index in [-0.39, 0.29) is 5.41 Å². The number of nitrogens with one attached hydrogen (secondary N) is 1. The molecule has 1 aromatic carbocycles. The summed E-state index contributed by atoms with van der Waals surface area (Å²) in [5, 5.41) is 7.76. The second-order valence-electron chi connectivity index (χ2n) is 7.06. The summed E-state index contributed by atoms with van der Waals surface area (Å²) in [6, 6.07) is 8.97. The predicted octanol–water partition coefficient (Wildman–Crippen LogP) is 3.14. The summed E-state index contributed by atoms with van der Waals surface area (Å²) in [6.45, 7) is 5.47. The topological polar surface area (TPSA) is 53.1 Å². The molecular weight excluding hydrogens is 258 g/mol. The van der Waals surface area contributed by atoms with Crippen LogP contribution < -0.4 is 5.73 Å². The summed E-state index contributed by atoms with van der Waals surface area (Å²) >= 11 is 0. The van der Waals surface area contributed by atoms with Crippen molar-refractivity contribution in [1.82, 2.24) is 4.90 Å². The van der Waals surface area contributed by atoms with Crippen molar-refractivity contribution >= 4 is 5.84 Å². The average molecular weight is 285 g/mol. The largest absolute Gasteiger partial charge is 0.387 e. The number of piperidine rings is 1. The monoisotopic (exact) mass is 285 g/mol. The van der Waals surface area contributed by atoms with Crippen molar-refractivity contribution in [2.75, 3.05) is 19.6 Å². The Morgan fingerprint density at radius 3 is 2.76 bits per heavy atom. The first-order chi connectivity index (χ1) is 10.1. The Morgan fingerprint density at radius 1 is 1.33 bits per heavy atom. The summed E-state index contributed by atoms with van der Waals surface area (Å²) < 4.78 is 0. The van der Waals surface area contributed by atoms with Crippen molar-refractivity contribution in [3.05, 3.63) is 35.4 Å². The van der Waals surface area contributed by atoms with Crippen LogP contribution in [0.3, 0.4) is 0 Å². The zero-order valence-electron chi connectivity index (χ0n) is 13.1. The number of nitrogens with two attached hydrogens (primary N) is 1. The van der Waals surface area contributed by atoms with Gasteiger partial charge in [-0.05, 0) is 62.2 Å². The molecule has 3 rings (SSSR count). The van der Waals surface area contributed by atoms with E-state index in [1.54, 1.807) is 11.1 Å². The molecule has 0 saturated carbocycles. The number of rotatable bonds is 3. The highest BCUT2D eigenvalue weighted by atomic mass is 15.1. The van der Waals surface area contributed by atoms with Gasteiger partial charge >= 0.3 is 0 Å². The van der Waals surface area contributed by atoms with Crippen LogP contribution in [0.5, 0.6) is 0 Å². The van der Waals surface area contributed by atoms with Gasteiger partial charge < -0.3 is 10.6 Å². The Kier molecular flexibility index (Phi) is 4.03. The summed E-state index contributed by atoms with van der Waals surface area (Å²) in [5.74, 6) is 1.06. The molecule has 0 spiro atoms. The minimum atomic E-state index is -0.0685. The van der Waals surface area contributed by atoms with Gasteiger partial charge in [0.05, 0.1) is 5.84 Å². The molecule has 114 valence electrons. The standard InChI is InChI=1S/C18H27N3/c1-18(17(19)20)9-11-21(12-10-18)13-15-7-4-6-14-5-2-3-8-16(14)15/h2-3,5,8,15H,4,6-7,9-13H2,1H3,(H3,19,20). The summed E-state index contributed by atoms with van der Waals surface area (Å²) in [6.07, 6.45) is 5.93. The van der Waals surface area contributed by atoms with E-state index in [2.05, 4.69) is 36.1 Å². The van der Waals surface area contributed by atoms with Crippen LogP contribution in [0.25, 0.3) is 0 Å². The number of hydrogen-bond acceptors (Lipinski definition) is 2. The Hall–Kier alpha value is -1.35. The molecule has 1 unspecified atom stereocenters. The third kappa shape index (κ3) is 2.98. The van der Waals surface area contributed by atoms with Gasteiger partial charge in [-0.25, -0.2) is 0 Å². The quantitative estimate of drug-likeness (QED) is 0.662. The van der Waals surface area contributed by atoms with Gasteiger partial charge in [0.2, 0.25) is 0 Å². The normalized spacial score (nSPS) is 25.3. The van der Waals surface area contributed by atoms with Gasteiger partial charge in [-0.15, -0.1) is 0 Å². The maximum Gasteiger partial charge on any atom is 0.0966 e. The van der Waals surface area contributed by atoms with Gasteiger partial charge in [0.15, 0.2) is 0 Å². The van der Waals surface area contributed by atoms with E-state index < -0.39 is 0 Å². The highest BCUT2D eigenvalue weighted by molar-refractivity contribution is 5.83. The second-order valence-corrected chi connectivity index (χ2v) is 7.06. The first kappa shape index (κ1) is 14.6. The highest BCUT2D eigenvalue weighted by Crippen LogP contribution is 2.35. The average Bonchev–Trinajstić information content (AvgIpc) is 2.50. The number of benzene rings is 1. The van der Waals surface area contributed by atoms with Crippen LogP contribution in [-0.2, 0) is 6.42 Å². The molecule has 1 aromatic rings. The van der Waals surface area contributed by atoms with E-state index in [1.165, 1.54) is 25.8 Å². The number of amidine groups is 1. The highest BCUT2D eigenvalue weighted by Gasteiger charge is 2.33. The minimum Gasteiger partial charge on any atom is -0.387 e. The third-order valence-electron chi connectivity index (χ3n) is 5.58. The Balaban J connectivity index is 1.63. The summed E-state index contributed by atoms with van der Waals surface area (Å²) in [4.78, 5) is 2.58. The first-order valence-electron chi connectivity index (χ1n) is 8.23. The van der Waals surface area contributed by atoms with E-state index in [9.17, 15) is 0 Å². The molecule has 0 amide bonds. The van der Waals surface area contributed by atoms with Gasteiger partial charge in [-0.2, -0.15) is 0 Å². The Labute approximate surface area is 128 Å².